The summed E-state index contributed by atoms with van der Waals surface area (Å²) in [5, 5.41) is 6.89. The van der Waals surface area contributed by atoms with Gasteiger partial charge in [0.25, 0.3) is 0 Å². The van der Waals surface area contributed by atoms with Crippen LogP contribution in [-0.2, 0) is 23.3 Å². The Morgan fingerprint density at radius 1 is 1.05 bits per heavy atom. The van der Waals surface area contributed by atoms with Crippen LogP contribution in [0.3, 0.4) is 0 Å². The molecule has 0 atom stereocenters. The molecule has 2 aromatic carbocycles. The maximum absolute atomic E-state index is 11.5. The van der Waals surface area contributed by atoms with Crippen molar-refractivity contribution in [3.05, 3.63) is 60.3 Å². The lowest BCUT2D eigenvalue weighted by Crippen LogP contribution is -2.23. The van der Waals surface area contributed by atoms with Gasteiger partial charge in [-0.2, -0.15) is 4.98 Å². The Labute approximate surface area is 236 Å². The average molecular weight is 570 g/mol. The molecule has 11 heteroatoms. The summed E-state index contributed by atoms with van der Waals surface area (Å²) in [6.45, 7) is 0. The van der Waals surface area contributed by atoms with Crippen LogP contribution < -0.4 is 15.5 Å². The van der Waals surface area contributed by atoms with E-state index in [4.69, 9.17) is 9.97 Å². The number of rotatable bonds is 9. The van der Waals surface area contributed by atoms with E-state index < -0.39 is 9.84 Å². The number of benzene rings is 2. The monoisotopic (exact) mass is 569 g/mol. The van der Waals surface area contributed by atoms with E-state index in [0.717, 1.165) is 39.7 Å². The Hall–Kier alpha value is -3.37. The van der Waals surface area contributed by atoms with Crippen molar-refractivity contribution in [3.8, 4) is 0 Å². The highest BCUT2D eigenvalue weighted by molar-refractivity contribution is 7.90. The van der Waals surface area contributed by atoms with Gasteiger partial charge in [0.1, 0.15) is 15.7 Å². The molecule has 0 radical (unpaired) electrons. The number of aryl methyl sites for hydroxylation is 2. The van der Waals surface area contributed by atoms with Gasteiger partial charge in [-0.05, 0) is 61.2 Å². The van der Waals surface area contributed by atoms with E-state index in [1.807, 2.05) is 42.3 Å². The summed E-state index contributed by atoms with van der Waals surface area (Å²) in [5.74, 6) is 2.24. The van der Waals surface area contributed by atoms with E-state index in [2.05, 4.69) is 45.4 Å². The zero-order chi connectivity index (χ0) is 26.7. The molecule has 0 unspecified atom stereocenters. The fraction of sp³-hybridized carbons (Fsp3) is 0.393. The van der Waals surface area contributed by atoms with Gasteiger partial charge < -0.3 is 20.1 Å². The highest BCUT2D eigenvalue weighted by atomic mass is 35.5. The van der Waals surface area contributed by atoms with Crippen molar-refractivity contribution in [2.75, 3.05) is 34.6 Å². The zero-order valence-electron chi connectivity index (χ0n) is 22.6. The van der Waals surface area contributed by atoms with Gasteiger partial charge in [0.15, 0.2) is 0 Å². The molecule has 208 valence electrons. The Balaban J connectivity index is 0.00000353. The third-order valence-corrected chi connectivity index (χ3v) is 8.06. The molecule has 9 nitrogen and oxygen atoms in total. The third kappa shape index (κ3) is 7.19. The number of nitrogens with one attached hydrogen (secondary N) is 2. The van der Waals surface area contributed by atoms with Crippen molar-refractivity contribution >= 4 is 62.4 Å². The molecule has 2 N–H and O–H groups in total. The fourth-order valence-corrected chi connectivity index (χ4v) is 5.53. The summed E-state index contributed by atoms with van der Waals surface area (Å²) in [6.07, 6.45) is 9.73. The van der Waals surface area contributed by atoms with E-state index in [0.29, 0.717) is 18.4 Å². The lowest BCUT2D eigenvalue weighted by atomic mass is 9.96. The largest absolute Gasteiger partial charge is 0.353 e. The lowest BCUT2D eigenvalue weighted by Gasteiger charge is -2.23. The van der Waals surface area contributed by atoms with E-state index >= 15 is 0 Å². The normalized spacial score (nSPS) is 14.1. The van der Waals surface area contributed by atoms with E-state index in [1.54, 1.807) is 6.20 Å². The number of imidazole rings is 1. The van der Waals surface area contributed by atoms with Crippen molar-refractivity contribution < 1.29 is 8.42 Å². The maximum atomic E-state index is 11.5. The Morgan fingerprint density at radius 2 is 1.85 bits per heavy atom. The molecule has 1 saturated carbocycles. The lowest BCUT2D eigenvalue weighted by molar-refractivity contribution is 0.460. The molecule has 5 rings (SSSR count). The average Bonchev–Trinajstić information content (AvgIpc) is 3.22. The molecular weight excluding hydrogens is 534 g/mol. The first kappa shape index (κ1) is 28.6. The van der Waals surface area contributed by atoms with Gasteiger partial charge in [0.05, 0.1) is 16.8 Å². The molecule has 0 amide bonds. The standard InChI is InChI=1S/C28H35N7O2S.ClH/c1-34(23-12-13-25-24(19-23)32-28(35(25)2)31-21-9-5-4-6-10-21)26-14-16-29-27(33-26)30-22-11-7-8-20(18-22)15-17-38(3,36)37;/h7-8,11-14,16,18-19,21H,4-6,9-10,15,17H2,1-3H3,(H,31,32)(H,29,30,33);1H. The number of nitrogens with zero attached hydrogens (tertiary/aromatic N) is 5. The summed E-state index contributed by atoms with van der Waals surface area (Å²) in [4.78, 5) is 16.0. The van der Waals surface area contributed by atoms with Crippen molar-refractivity contribution in [1.82, 2.24) is 19.5 Å². The predicted octanol–water partition coefficient (Wildman–Crippen LogP) is 5.63. The van der Waals surface area contributed by atoms with Crippen LogP contribution in [0.1, 0.15) is 37.7 Å². The van der Waals surface area contributed by atoms with Gasteiger partial charge in [-0.25, -0.2) is 18.4 Å². The van der Waals surface area contributed by atoms with Gasteiger partial charge >= 0.3 is 0 Å². The number of hydrogen-bond donors (Lipinski definition) is 2. The molecule has 0 saturated heterocycles. The molecular formula is C28H36ClN7O2S. The van der Waals surface area contributed by atoms with Crippen LogP contribution in [-0.4, -0.2) is 53.0 Å². The van der Waals surface area contributed by atoms with Crippen LogP contribution in [0.15, 0.2) is 54.7 Å². The SMILES string of the molecule is CN(c1ccc2c(c1)nc(NC1CCCCC1)n2C)c1ccnc(Nc2cccc(CCS(C)(=O)=O)c2)n1.Cl. The summed E-state index contributed by atoms with van der Waals surface area (Å²) in [5.41, 5.74) is 4.75. The highest BCUT2D eigenvalue weighted by Crippen LogP contribution is 2.29. The molecule has 2 heterocycles. The number of halogens is 1. The highest BCUT2D eigenvalue weighted by Gasteiger charge is 2.17. The molecule has 39 heavy (non-hydrogen) atoms. The van der Waals surface area contributed by atoms with Gasteiger partial charge in [-0.15, -0.1) is 12.4 Å². The number of sulfone groups is 1. The maximum Gasteiger partial charge on any atom is 0.229 e. The zero-order valence-corrected chi connectivity index (χ0v) is 24.2. The number of hydrogen-bond acceptors (Lipinski definition) is 8. The Morgan fingerprint density at radius 3 is 2.62 bits per heavy atom. The van der Waals surface area contributed by atoms with Crippen LogP contribution in [0.2, 0.25) is 0 Å². The summed E-state index contributed by atoms with van der Waals surface area (Å²) in [6, 6.07) is 16.3. The number of anilines is 5. The van der Waals surface area contributed by atoms with Gasteiger partial charge in [-0.1, -0.05) is 31.4 Å². The topological polar surface area (TPSA) is 105 Å². The molecule has 2 aromatic heterocycles. The number of aromatic nitrogens is 4. The van der Waals surface area contributed by atoms with Crippen molar-refractivity contribution in [2.24, 2.45) is 7.05 Å². The second-order valence-electron chi connectivity index (χ2n) is 10.1. The summed E-state index contributed by atoms with van der Waals surface area (Å²) in [7, 11) is 1.02. The van der Waals surface area contributed by atoms with Gasteiger partial charge in [0, 0.05) is 44.0 Å². The molecule has 1 aliphatic rings. The van der Waals surface area contributed by atoms with Crippen LogP contribution in [0.5, 0.6) is 0 Å². The van der Waals surface area contributed by atoms with Crippen molar-refractivity contribution in [3.63, 3.8) is 0 Å². The predicted molar refractivity (Wildman–Crippen MR) is 162 cm³/mol. The van der Waals surface area contributed by atoms with Crippen LogP contribution in [0.4, 0.5) is 29.1 Å². The number of fused-ring (bicyclic) bond motifs is 1. The molecule has 0 spiro atoms. The quantitative estimate of drug-likeness (QED) is 0.267. The Bertz CT molecular complexity index is 1530. The second-order valence-corrected chi connectivity index (χ2v) is 12.4. The van der Waals surface area contributed by atoms with E-state index in [1.165, 1.54) is 38.4 Å². The van der Waals surface area contributed by atoms with Crippen LogP contribution in [0.25, 0.3) is 11.0 Å². The summed E-state index contributed by atoms with van der Waals surface area (Å²) >= 11 is 0. The van der Waals surface area contributed by atoms with Crippen molar-refractivity contribution in [2.45, 2.75) is 44.6 Å². The van der Waals surface area contributed by atoms with Gasteiger partial charge in [-0.3, -0.25) is 0 Å². The summed E-state index contributed by atoms with van der Waals surface area (Å²) < 4.78 is 25.2. The van der Waals surface area contributed by atoms with Crippen LogP contribution >= 0.6 is 12.4 Å². The smallest absolute Gasteiger partial charge is 0.229 e. The minimum atomic E-state index is -3.02. The minimum absolute atomic E-state index is 0. The first-order chi connectivity index (χ1) is 18.2. The molecule has 0 bridgehead atoms. The van der Waals surface area contributed by atoms with Crippen LogP contribution in [0, 0.1) is 0 Å². The molecule has 4 aromatic rings. The van der Waals surface area contributed by atoms with E-state index in [-0.39, 0.29) is 18.2 Å². The fourth-order valence-electron chi connectivity index (χ4n) is 4.92. The van der Waals surface area contributed by atoms with Gasteiger partial charge in [0.2, 0.25) is 11.9 Å². The van der Waals surface area contributed by atoms with Crippen molar-refractivity contribution in [1.29, 1.82) is 0 Å². The first-order valence-corrected chi connectivity index (χ1v) is 15.1. The minimum Gasteiger partial charge on any atom is -0.353 e. The molecule has 1 aliphatic carbocycles. The first-order valence-electron chi connectivity index (χ1n) is 13.1. The third-order valence-electron chi connectivity index (χ3n) is 7.12. The Kier molecular flexibility index (Phi) is 8.97. The molecule has 0 aliphatic heterocycles. The second kappa shape index (κ2) is 12.2. The molecule has 1 fully saturated rings. The van der Waals surface area contributed by atoms with E-state index in [9.17, 15) is 8.42 Å².